The van der Waals surface area contributed by atoms with Crippen molar-refractivity contribution in [2.75, 3.05) is 0 Å². The van der Waals surface area contributed by atoms with Gasteiger partial charge in [0.2, 0.25) is 0 Å². The smallest absolute Gasteiger partial charge is 0.128 e. The van der Waals surface area contributed by atoms with Crippen LogP contribution < -0.4 is 5.73 Å². The molecular formula is C12H16FNS. The average molecular weight is 225 g/mol. The molecule has 1 aliphatic carbocycles. The van der Waals surface area contributed by atoms with Crippen molar-refractivity contribution in [1.82, 2.24) is 0 Å². The standard InChI is InChI=1S/C12H16FNS/c13-11-6-3-7-12(10(11)8-14)15-9-4-1-2-5-9/h3,6-7,9H,1-2,4-5,8,14H2. The molecule has 0 unspecified atom stereocenters. The van der Waals surface area contributed by atoms with Crippen LogP contribution in [0.4, 0.5) is 4.39 Å². The van der Waals surface area contributed by atoms with E-state index in [1.165, 1.54) is 31.7 Å². The van der Waals surface area contributed by atoms with E-state index in [4.69, 9.17) is 5.73 Å². The first kappa shape index (κ1) is 11.0. The van der Waals surface area contributed by atoms with E-state index in [1.54, 1.807) is 17.8 Å². The van der Waals surface area contributed by atoms with Gasteiger partial charge in [-0.15, -0.1) is 11.8 Å². The van der Waals surface area contributed by atoms with Crippen molar-refractivity contribution in [2.24, 2.45) is 5.73 Å². The van der Waals surface area contributed by atoms with Gasteiger partial charge in [-0.25, -0.2) is 4.39 Å². The number of thioether (sulfide) groups is 1. The van der Waals surface area contributed by atoms with Crippen molar-refractivity contribution in [3.05, 3.63) is 29.6 Å². The first-order valence-electron chi connectivity index (χ1n) is 5.45. The first-order valence-corrected chi connectivity index (χ1v) is 6.33. The second-order valence-electron chi connectivity index (χ2n) is 3.94. The zero-order valence-electron chi connectivity index (χ0n) is 8.71. The summed E-state index contributed by atoms with van der Waals surface area (Å²) < 4.78 is 13.4. The quantitative estimate of drug-likeness (QED) is 0.854. The van der Waals surface area contributed by atoms with E-state index in [2.05, 4.69) is 0 Å². The van der Waals surface area contributed by atoms with Gasteiger partial charge in [0.15, 0.2) is 0 Å². The average Bonchev–Trinajstić information content (AvgIpc) is 2.71. The molecule has 0 saturated heterocycles. The maximum Gasteiger partial charge on any atom is 0.128 e. The van der Waals surface area contributed by atoms with Crippen molar-refractivity contribution < 1.29 is 4.39 Å². The van der Waals surface area contributed by atoms with Gasteiger partial charge in [-0.2, -0.15) is 0 Å². The third kappa shape index (κ3) is 2.52. The fourth-order valence-corrected chi connectivity index (χ4v) is 3.44. The third-order valence-corrected chi connectivity index (χ3v) is 4.32. The van der Waals surface area contributed by atoms with Gasteiger partial charge in [-0.1, -0.05) is 18.9 Å². The Morgan fingerprint density at radius 1 is 1.33 bits per heavy atom. The van der Waals surface area contributed by atoms with Gasteiger partial charge in [0.25, 0.3) is 0 Å². The molecule has 0 radical (unpaired) electrons. The summed E-state index contributed by atoms with van der Waals surface area (Å²) in [7, 11) is 0. The topological polar surface area (TPSA) is 26.0 Å². The largest absolute Gasteiger partial charge is 0.326 e. The predicted octanol–water partition coefficient (Wildman–Crippen LogP) is 3.32. The maximum atomic E-state index is 13.4. The lowest BCUT2D eigenvalue weighted by molar-refractivity contribution is 0.604. The van der Waals surface area contributed by atoms with Crippen molar-refractivity contribution in [3.8, 4) is 0 Å². The lowest BCUT2D eigenvalue weighted by atomic mass is 10.2. The van der Waals surface area contributed by atoms with Crippen LogP contribution in [0.2, 0.25) is 0 Å². The summed E-state index contributed by atoms with van der Waals surface area (Å²) in [5, 5.41) is 0.664. The second-order valence-corrected chi connectivity index (χ2v) is 5.29. The van der Waals surface area contributed by atoms with Crippen LogP contribution in [0.25, 0.3) is 0 Å². The molecule has 0 atom stereocenters. The molecule has 1 nitrogen and oxygen atoms in total. The molecule has 0 heterocycles. The van der Waals surface area contributed by atoms with Crippen molar-refractivity contribution in [1.29, 1.82) is 0 Å². The van der Waals surface area contributed by atoms with E-state index in [1.807, 2.05) is 6.07 Å². The highest BCUT2D eigenvalue weighted by Gasteiger charge is 2.18. The van der Waals surface area contributed by atoms with Crippen LogP contribution in [0.3, 0.4) is 0 Å². The van der Waals surface area contributed by atoms with E-state index < -0.39 is 0 Å². The molecule has 0 aromatic heterocycles. The number of rotatable bonds is 3. The molecule has 2 rings (SSSR count). The minimum Gasteiger partial charge on any atom is -0.326 e. The molecule has 15 heavy (non-hydrogen) atoms. The highest BCUT2D eigenvalue weighted by atomic mass is 32.2. The van der Waals surface area contributed by atoms with Crippen LogP contribution in [0, 0.1) is 5.82 Å². The Bertz CT molecular complexity index is 334. The minimum atomic E-state index is -0.166. The molecule has 82 valence electrons. The zero-order valence-corrected chi connectivity index (χ0v) is 9.52. The Morgan fingerprint density at radius 2 is 2.07 bits per heavy atom. The summed E-state index contributed by atoms with van der Waals surface area (Å²) in [5.74, 6) is -0.166. The summed E-state index contributed by atoms with van der Waals surface area (Å²) in [4.78, 5) is 1.03. The molecule has 1 saturated carbocycles. The van der Waals surface area contributed by atoms with E-state index in [-0.39, 0.29) is 5.82 Å². The Hall–Kier alpha value is -0.540. The number of halogens is 1. The van der Waals surface area contributed by atoms with Crippen LogP contribution in [-0.4, -0.2) is 5.25 Å². The fourth-order valence-electron chi connectivity index (χ4n) is 2.03. The predicted molar refractivity (Wildman–Crippen MR) is 62.4 cm³/mol. The molecule has 2 N–H and O–H groups in total. The van der Waals surface area contributed by atoms with E-state index in [0.29, 0.717) is 17.4 Å². The van der Waals surface area contributed by atoms with Crippen molar-refractivity contribution in [2.45, 2.75) is 42.4 Å². The van der Waals surface area contributed by atoms with Crippen LogP contribution in [-0.2, 0) is 6.54 Å². The van der Waals surface area contributed by atoms with Gasteiger partial charge in [0.05, 0.1) is 0 Å². The van der Waals surface area contributed by atoms with E-state index >= 15 is 0 Å². The molecule has 1 fully saturated rings. The van der Waals surface area contributed by atoms with Gasteiger partial charge in [0.1, 0.15) is 5.82 Å². The number of nitrogens with two attached hydrogens (primary N) is 1. The lowest BCUT2D eigenvalue weighted by Gasteiger charge is -2.12. The summed E-state index contributed by atoms with van der Waals surface area (Å²) >= 11 is 1.80. The summed E-state index contributed by atoms with van der Waals surface area (Å²) in [6.45, 7) is 0.293. The Balaban J connectivity index is 2.15. The highest BCUT2D eigenvalue weighted by molar-refractivity contribution is 8.00. The molecule has 1 aromatic rings. The molecule has 1 aliphatic rings. The van der Waals surface area contributed by atoms with Crippen LogP contribution in [0.5, 0.6) is 0 Å². The van der Waals surface area contributed by atoms with Crippen LogP contribution in [0.15, 0.2) is 23.1 Å². The fraction of sp³-hybridized carbons (Fsp3) is 0.500. The minimum absolute atomic E-state index is 0.166. The third-order valence-electron chi connectivity index (χ3n) is 2.88. The summed E-state index contributed by atoms with van der Waals surface area (Å²) in [5.41, 5.74) is 6.25. The van der Waals surface area contributed by atoms with Gasteiger partial charge in [-0.05, 0) is 25.0 Å². The molecular weight excluding hydrogens is 209 g/mol. The van der Waals surface area contributed by atoms with Crippen LogP contribution >= 0.6 is 11.8 Å². The molecule has 3 heteroatoms. The van der Waals surface area contributed by atoms with Crippen molar-refractivity contribution in [3.63, 3.8) is 0 Å². The molecule has 0 amide bonds. The Kier molecular flexibility index (Phi) is 3.65. The molecule has 1 aromatic carbocycles. The SMILES string of the molecule is NCc1c(F)cccc1SC1CCCC1. The molecule has 0 aliphatic heterocycles. The van der Waals surface area contributed by atoms with Crippen LogP contribution in [0.1, 0.15) is 31.2 Å². The zero-order chi connectivity index (χ0) is 10.7. The highest BCUT2D eigenvalue weighted by Crippen LogP contribution is 2.36. The Morgan fingerprint density at radius 3 is 2.73 bits per heavy atom. The number of benzene rings is 1. The van der Waals surface area contributed by atoms with E-state index in [0.717, 1.165) is 4.90 Å². The Labute approximate surface area is 94.2 Å². The van der Waals surface area contributed by atoms with Gasteiger partial charge < -0.3 is 5.73 Å². The first-order chi connectivity index (χ1) is 7.31. The molecule has 0 bridgehead atoms. The number of hydrogen-bond acceptors (Lipinski definition) is 2. The second kappa shape index (κ2) is 4.99. The normalized spacial score (nSPS) is 17.2. The van der Waals surface area contributed by atoms with E-state index in [9.17, 15) is 4.39 Å². The summed E-state index contributed by atoms with van der Waals surface area (Å²) in [6.07, 6.45) is 5.13. The van der Waals surface area contributed by atoms with Crippen molar-refractivity contribution >= 4 is 11.8 Å². The van der Waals surface area contributed by atoms with Gasteiger partial charge in [0, 0.05) is 22.3 Å². The van der Waals surface area contributed by atoms with Gasteiger partial charge in [-0.3, -0.25) is 0 Å². The monoisotopic (exact) mass is 225 g/mol. The van der Waals surface area contributed by atoms with Gasteiger partial charge >= 0.3 is 0 Å². The lowest BCUT2D eigenvalue weighted by Crippen LogP contribution is -2.03. The number of hydrogen-bond donors (Lipinski definition) is 1. The summed E-state index contributed by atoms with van der Waals surface area (Å²) in [6, 6.07) is 5.24. The maximum absolute atomic E-state index is 13.4. The molecule has 0 spiro atoms.